The van der Waals surface area contributed by atoms with Crippen molar-refractivity contribution in [2.24, 2.45) is 0 Å². The number of hydrogen-bond acceptors (Lipinski definition) is 3. The number of rotatable bonds is 6. The molecular weight excluding hydrogens is 321 g/mol. The number of aromatic nitrogens is 2. The average Bonchev–Trinajstić information content (AvgIpc) is 2.86. The van der Waals surface area contributed by atoms with Gasteiger partial charge in [0.05, 0.1) is 24.1 Å². The molecule has 0 aliphatic rings. The molecule has 1 aromatic carbocycles. The van der Waals surface area contributed by atoms with Crippen LogP contribution in [0.25, 0.3) is 11.3 Å². The molecule has 0 spiro atoms. The van der Waals surface area contributed by atoms with Crippen molar-refractivity contribution in [3.8, 4) is 11.4 Å². The normalized spacial score (nSPS) is 11.8. The first-order chi connectivity index (χ1) is 11.2. The van der Waals surface area contributed by atoms with E-state index >= 15 is 0 Å². The number of nitrogens with zero attached hydrogens (tertiary/aromatic N) is 2. The molecule has 0 saturated heterocycles. The molecule has 0 amide bonds. The summed E-state index contributed by atoms with van der Waals surface area (Å²) < 4.78 is 47.6. The van der Waals surface area contributed by atoms with Crippen molar-refractivity contribution in [2.75, 3.05) is 6.61 Å². The summed E-state index contributed by atoms with van der Waals surface area (Å²) in [4.78, 5) is 0. The van der Waals surface area contributed by atoms with Gasteiger partial charge in [0.15, 0.2) is 0 Å². The lowest BCUT2D eigenvalue weighted by atomic mass is 10.2. The van der Waals surface area contributed by atoms with Gasteiger partial charge < -0.3 is 9.47 Å². The minimum absolute atomic E-state index is 0.0890. The molecule has 0 bridgehead atoms. The first-order valence-corrected chi connectivity index (χ1v) is 7.38. The van der Waals surface area contributed by atoms with E-state index in [4.69, 9.17) is 4.74 Å². The molecule has 0 N–H and O–H groups in total. The highest BCUT2D eigenvalue weighted by molar-refractivity contribution is 5.61. The van der Waals surface area contributed by atoms with E-state index in [2.05, 4.69) is 16.4 Å². The number of benzene rings is 1. The van der Waals surface area contributed by atoms with Gasteiger partial charge in [0, 0.05) is 5.69 Å². The number of hydrogen-bond donors (Lipinski definition) is 0. The molecule has 0 saturated carbocycles. The van der Waals surface area contributed by atoms with Gasteiger partial charge in [-0.25, -0.2) is 4.68 Å². The molecule has 0 aliphatic heterocycles. The summed E-state index contributed by atoms with van der Waals surface area (Å²) in [6.07, 6.45) is -4.61. The number of ether oxygens (including phenoxy) is 2. The van der Waals surface area contributed by atoms with Crippen LogP contribution in [-0.2, 0) is 4.74 Å². The smallest absolute Gasteiger partial charge is 0.406 e. The van der Waals surface area contributed by atoms with Crippen molar-refractivity contribution in [1.82, 2.24) is 9.78 Å². The highest BCUT2D eigenvalue weighted by atomic mass is 19.4. The van der Waals surface area contributed by atoms with Crippen molar-refractivity contribution in [2.45, 2.75) is 33.2 Å². The van der Waals surface area contributed by atoms with Gasteiger partial charge in [0.2, 0.25) is 0 Å². The number of aryl methyl sites for hydroxylation is 1. The van der Waals surface area contributed by atoms with Crippen molar-refractivity contribution in [3.63, 3.8) is 0 Å². The van der Waals surface area contributed by atoms with Crippen molar-refractivity contribution >= 4 is 5.57 Å². The maximum atomic E-state index is 12.2. The molecule has 2 aromatic rings. The van der Waals surface area contributed by atoms with E-state index in [0.29, 0.717) is 18.0 Å². The molecule has 0 radical (unpaired) electrons. The minimum Gasteiger partial charge on any atom is -0.406 e. The van der Waals surface area contributed by atoms with Gasteiger partial charge >= 0.3 is 6.36 Å². The lowest BCUT2D eigenvalue weighted by Crippen LogP contribution is -2.17. The Bertz CT molecular complexity index is 704. The molecule has 130 valence electrons. The highest BCUT2D eigenvalue weighted by Crippen LogP contribution is 2.24. The van der Waals surface area contributed by atoms with Gasteiger partial charge in [0.1, 0.15) is 5.75 Å². The predicted octanol–water partition coefficient (Wildman–Crippen LogP) is 4.52. The maximum absolute atomic E-state index is 12.2. The summed E-state index contributed by atoms with van der Waals surface area (Å²) in [6.45, 7) is 10.0. The van der Waals surface area contributed by atoms with Crippen LogP contribution in [0, 0.1) is 6.92 Å². The largest absolute Gasteiger partial charge is 0.573 e. The minimum atomic E-state index is -4.70. The third-order valence-corrected chi connectivity index (χ3v) is 3.16. The molecule has 2 rings (SSSR count). The van der Waals surface area contributed by atoms with Crippen molar-refractivity contribution in [1.29, 1.82) is 0 Å². The summed E-state index contributed by atoms with van der Waals surface area (Å²) in [5.74, 6) is -0.272. The van der Waals surface area contributed by atoms with Gasteiger partial charge in [-0.15, -0.1) is 13.2 Å². The fourth-order valence-corrected chi connectivity index (χ4v) is 2.04. The quantitative estimate of drug-likeness (QED) is 0.776. The van der Waals surface area contributed by atoms with Gasteiger partial charge in [0.25, 0.3) is 0 Å². The summed E-state index contributed by atoms with van der Waals surface area (Å²) in [7, 11) is 0. The predicted molar refractivity (Wildman–Crippen MR) is 85.1 cm³/mol. The molecule has 1 aromatic heterocycles. The Hall–Kier alpha value is -2.28. The van der Waals surface area contributed by atoms with E-state index in [-0.39, 0.29) is 11.9 Å². The second-order valence-electron chi connectivity index (χ2n) is 5.59. The van der Waals surface area contributed by atoms with Crippen LogP contribution in [0.1, 0.15) is 25.2 Å². The molecule has 1 heterocycles. The Kier molecular flexibility index (Phi) is 5.33. The first kappa shape index (κ1) is 18.1. The Balaban J connectivity index is 2.16. The summed E-state index contributed by atoms with van der Waals surface area (Å²) >= 11 is 0. The molecule has 0 fully saturated rings. The summed E-state index contributed by atoms with van der Waals surface area (Å²) in [5, 5.41) is 4.44. The van der Waals surface area contributed by atoms with Crippen LogP contribution >= 0.6 is 0 Å². The van der Waals surface area contributed by atoms with Crippen LogP contribution in [0.3, 0.4) is 0 Å². The summed E-state index contributed by atoms with van der Waals surface area (Å²) in [5.41, 5.74) is 2.89. The van der Waals surface area contributed by atoms with E-state index in [9.17, 15) is 13.2 Å². The lowest BCUT2D eigenvalue weighted by molar-refractivity contribution is -0.274. The fraction of sp³-hybridized carbons (Fsp3) is 0.353. The molecule has 0 aliphatic carbocycles. The van der Waals surface area contributed by atoms with Crippen LogP contribution in [0.2, 0.25) is 0 Å². The summed E-state index contributed by atoms with van der Waals surface area (Å²) in [6, 6.07) is 7.38. The zero-order valence-corrected chi connectivity index (χ0v) is 13.7. The molecular formula is C17H19F3N2O2. The zero-order chi connectivity index (χ0) is 17.9. The number of halogens is 3. The maximum Gasteiger partial charge on any atom is 0.573 e. The highest BCUT2D eigenvalue weighted by Gasteiger charge is 2.31. The molecule has 7 heteroatoms. The van der Waals surface area contributed by atoms with Crippen molar-refractivity contribution < 1.29 is 22.6 Å². The second-order valence-corrected chi connectivity index (χ2v) is 5.59. The van der Waals surface area contributed by atoms with Crippen LogP contribution in [0.5, 0.6) is 5.75 Å². The Morgan fingerprint density at radius 1 is 1.25 bits per heavy atom. The first-order valence-electron chi connectivity index (χ1n) is 7.38. The van der Waals surface area contributed by atoms with E-state index in [1.807, 2.05) is 26.8 Å². The topological polar surface area (TPSA) is 36.3 Å². The fourth-order valence-electron chi connectivity index (χ4n) is 2.04. The van der Waals surface area contributed by atoms with Gasteiger partial charge in [-0.2, -0.15) is 5.10 Å². The lowest BCUT2D eigenvalue weighted by Gasteiger charge is -2.10. The molecule has 24 heavy (non-hydrogen) atoms. The van der Waals surface area contributed by atoms with Crippen LogP contribution in [-0.4, -0.2) is 28.9 Å². The second kappa shape index (κ2) is 7.09. The molecule has 4 nitrogen and oxygen atoms in total. The van der Waals surface area contributed by atoms with Crippen LogP contribution in [0.4, 0.5) is 13.2 Å². The van der Waals surface area contributed by atoms with Gasteiger partial charge in [-0.05, 0) is 56.7 Å². The van der Waals surface area contributed by atoms with E-state index in [1.54, 1.807) is 4.68 Å². The Morgan fingerprint density at radius 2 is 1.88 bits per heavy atom. The SMILES string of the molecule is C=C(COC(C)C)c1cc(C)n(-c2ccc(OC(F)(F)F)cc2)n1. The van der Waals surface area contributed by atoms with Crippen LogP contribution in [0.15, 0.2) is 36.9 Å². The third-order valence-electron chi connectivity index (χ3n) is 3.16. The van der Waals surface area contributed by atoms with Crippen molar-refractivity contribution in [3.05, 3.63) is 48.3 Å². The Morgan fingerprint density at radius 3 is 2.42 bits per heavy atom. The molecule has 0 unspecified atom stereocenters. The van der Waals surface area contributed by atoms with Gasteiger partial charge in [-0.1, -0.05) is 6.58 Å². The average molecular weight is 340 g/mol. The number of alkyl halides is 3. The van der Waals surface area contributed by atoms with E-state index < -0.39 is 6.36 Å². The standard InChI is InChI=1S/C17H19F3N2O2/c1-11(2)23-10-12(3)16-9-13(4)22(21-16)14-5-7-15(8-6-14)24-17(18,19)20/h5-9,11H,3,10H2,1-2,4H3. The van der Waals surface area contributed by atoms with E-state index in [1.165, 1.54) is 24.3 Å². The van der Waals surface area contributed by atoms with Gasteiger partial charge in [-0.3, -0.25) is 0 Å². The van der Waals surface area contributed by atoms with Crippen LogP contribution < -0.4 is 4.74 Å². The molecule has 0 atom stereocenters. The van der Waals surface area contributed by atoms with E-state index in [0.717, 1.165) is 11.3 Å². The monoisotopic (exact) mass is 340 g/mol. The Labute approximate surface area is 138 Å². The third kappa shape index (κ3) is 4.86. The zero-order valence-electron chi connectivity index (χ0n) is 13.7.